The predicted octanol–water partition coefficient (Wildman–Crippen LogP) is 2.23. The van der Waals surface area contributed by atoms with Gasteiger partial charge < -0.3 is 10.6 Å². The Morgan fingerprint density at radius 3 is 2.71 bits per heavy atom. The second kappa shape index (κ2) is 5.27. The van der Waals surface area contributed by atoms with E-state index in [1.807, 2.05) is 23.9 Å². The van der Waals surface area contributed by atoms with E-state index in [0.717, 1.165) is 18.0 Å². The van der Waals surface area contributed by atoms with Crippen molar-refractivity contribution in [2.75, 3.05) is 32.1 Å². The van der Waals surface area contributed by atoms with Gasteiger partial charge >= 0.3 is 0 Å². The minimum Gasteiger partial charge on any atom is -0.398 e. The van der Waals surface area contributed by atoms with Gasteiger partial charge in [0.1, 0.15) is 0 Å². The topological polar surface area (TPSA) is 29.3 Å². The van der Waals surface area contributed by atoms with Crippen molar-refractivity contribution in [3.8, 4) is 0 Å². The first-order valence-corrected chi connectivity index (χ1v) is 5.72. The molecule has 0 radical (unpaired) electrons. The lowest BCUT2D eigenvalue weighted by molar-refractivity contribution is 0.437. The molecule has 2 N–H and O–H groups in total. The third-order valence-corrected chi connectivity index (χ3v) is 3.26. The number of nitrogens with two attached hydrogens (primary N) is 1. The van der Waals surface area contributed by atoms with E-state index in [2.05, 4.69) is 32.0 Å². The average molecular weight is 210 g/mol. The number of nitrogens with zero attached hydrogens (tertiary/aromatic N) is 1. The molecule has 0 spiro atoms. The molecule has 0 aromatic heterocycles. The maximum absolute atomic E-state index is 5.83. The molecule has 0 unspecified atom stereocenters. The first kappa shape index (κ1) is 11.4. The van der Waals surface area contributed by atoms with Crippen LogP contribution in [0.25, 0.3) is 0 Å². The number of hydrogen-bond donors (Lipinski definition) is 1. The molecule has 0 aliphatic rings. The van der Waals surface area contributed by atoms with Gasteiger partial charge in [0.05, 0.1) is 0 Å². The highest BCUT2D eigenvalue weighted by Crippen LogP contribution is 2.25. The van der Waals surface area contributed by atoms with Crippen LogP contribution in [0.4, 0.5) is 5.69 Å². The van der Waals surface area contributed by atoms with Crippen molar-refractivity contribution in [1.29, 1.82) is 0 Å². The third-order valence-electron chi connectivity index (χ3n) is 2.12. The van der Waals surface area contributed by atoms with Crippen LogP contribution >= 0.6 is 11.8 Å². The molecule has 0 heterocycles. The Kier molecular flexibility index (Phi) is 4.29. The fraction of sp³-hybridized carbons (Fsp3) is 0.455. The molecule has 0 aliphatic carbocycles. The Hall–Kier alpha value is -0.670. The fourth-order valence-electron chi connectivity index (χ4n) is 1.13. The molecule has 14 heavy (non-hydrogen) atoms. The van der Waals surface area contributed by atoms with Crippen molar-refractivity contribution < 1.29 is 0 Å². The lowest BCUT2D eigenvalue weighted by atomic mass is 10.2. The largest absolute Gasteiger partial charge is 0.398 e. The smallest absolute Gasteiger partial charge is 0.0354 e. The number of thioether (sulfide) groups is 1. The van der Waals surface area contributed by atoms with Crippen molar-refractivity contribution in [1.82, 2.24) is 4.90 Å². The summed E-state index contributed by atoms with van der Waals surface area (Å²) in [6.45, 7) is 3.17. The zero-order valence-electron chi connectivity index (χ0n) is 9.08. The molecule has 0 saturated carbocycles. The Morgan fingerprint density at radius 2 is 2.07 bits per heavy atom. The van der Waals surface area contributed by atoms with Gasteiger partial charge in [0.15, 0.2) is 0 Å². The summed E-state index contributed by atoms with van der Waals surface area (Å²) in [5.74, 6) is 1.11. The van der Waals surface area contributed by atoms with E-state index < -0.39 is 0 Å². The van der Waals surface area contributed by atoms with Gasteiger partial charge in [0.2, 0.25) is 0 Å². The molecule has 1 rings (SSSR count). The van der Waals surface area contributed by atoms with Crippen LogP contribution in [0.2, 0.25) is 0 Å². The molecule has 0 saturated heterocycles. The Balaban J connectivity index is 2.54. The van der Waals surface area contributed by atoms with Crippen LogP contribution in [-0.4, -0.2) is 31.3 Å². The van der Waals surface area contributed by atoms with Crippen molar-refractivity contribution >= 4 is 17.4 Å². The van der Waals surface area contributed by atoms with Crippen LogP contribution in [0, 0.1) is 6.92 Å². The van der Waals surface area contributed by atoms with Crippen LogP contribution in [0.1, 0.15) is 5.56 Å². The highest BCUT2D eigenvalue weighted by atomic mass is 32.2. The molecule has 0 amide bonds. The zero-order valence-corrected chi connectivity index (χ0v) is 9.90. The van der Waals surface area contributed by atoms with Gasteiger partial charge in [-0.05, 0) is 38.7 Å². The van der Waals surface area contributed by atoms with E-state index >= 15 is 0 Å². The van der Waals surface area contributed by atoms with E-state index in [-0.39, 0.29) is 0 Å². The summed E-state index contributed by atoms with van der Waals surface area (Å²) in [5, 5.41) is 0. The van der Waals surface area contributed by atoms with Crippen LogP contribution in [0.3, 0.4) is 0 Å². The summed E-state index contributed by atoms with van der Waals surface area (Å²) in [6, 6.07) is 6.09. The number of benzene rings is 1. The summed E-state index contributed by atoms with van der Waals surface area (Å²) in [6.07, 6.45) is 0. The van der Waals surface area contributed by atoms with Crippen molar-refractivity contribution in [3.63, 3.8) is 0 Å². The first-order chi connectivity index (χ1) is 6.61. The van der Waals surface area contributed by atoms with E-state index in [0.29, 0.717) is 0 Å². The van der Waals surface area contributed by atoms with E-state index in [1.54, 1.807) is 0 Å². The van der Waals surface area contributed by atoms with Crippen molar-refractivity contribution in [3.05, 3.63) is 23.8 Å². The number of anilines is 1. The van der Waals surface area contributed by atoms with E-state index in [1.165, 1.54) is 10.5 Å². The molecule has 0 atom stereocenters. The molecule has 0 fully saturated rings. The molecule has 2 nitrogen and oxygen atoms in total. The normalized spacial score (nSPS) is 10.9. The van der Waals surface area contributed by atoms with Crippen LogP contribution < -0.4 is 5.73 Å². The molecular weight excluding hydrogens is 192 g/mol. The monoisotopic (exact) mass is 210 g/mol. The number of rotatable bonds is 4. The number of nitrogen functional groups attached to an aromatic ring is 1. The zero-order chi connectivity index (χ0) is 10.6. The third kappa shape index (κ3) is 3.24. The minimum absolute atomic E-state index is 0.889. The van der Waals surface area contributed by atoms with Gasteiger partial charge in [0.25, 0.3) is 0 Å². The first-order valence-electron chi connectivity index (χ1n) is 4.74. The highest BCUT2D eigenvalue weighted by Gasteiger charge is 2.01. The summed E-state index contributed by atoms with van der Waals surface area (Å²) in [4.78, 5) is 3.49. The van der Waals surface area contributed by atoms with Crippen LogP contribution in [-0.2, 0) is 0 Å². The molecule has 0 bridgehead atoms. The molecule has 0 aliphatic heterocycles. The van der Waals surface area contributed by atoms with Gasteiger partial charge in [-0.1, -0.05) is 6.07 Å². The maximum Gasteiger partial charge on any atom is 0.0354 e. The van der Waals surface area contributed by atoms with E-state index in [4.69, 9.17) is 5.73 Å². The van der Waals surface area contributed by atoms with Gasteiger partial charge in [-0.3, -0.25) is 0 Å². The lowest BCUT2D eigenvalue weighted by Crippen LogP contribution is -2.14. The van der Waals surface area contributed by atoms with Crippen LogP contribution in [0.15, 0.2) is 23.1 Å². The number of hydrogen-bond acceptors (Lipinski definition) is 3. The quantitative estimate of drug-likeness (QED) is 0.610. The van der Waals surface area contributed by atoms with Crippen LogP contribution in [0.5, 0.6) is 0 Å². The summed E-state index contributed by atoms with van der Waals surface area (Å²) in [7, 11) is 4.18. The van der Waals surface area contributed by atoms with Crippen molar-refractivity contribution in [2.24, 2.45) is 0 Å². The molecule has 3 heteroatoms. The van der Waals surface area contributed by atoms with Gasteiger partial charge in [0, 0.05) is 22.9 Å². The second-order valence-electron chi connectivity index (χ2n) is 3.62. The lowest BCUT2D eigenvalue weighted by Gasteiger charge is -2.10. The standard InChI is InChI=1S/C11H18N2S/c1-9-10(12)5-4-6-11(9)14-8-7-13(2)3/h4-6H,7-8,12H2,1-3H3. The Labute approximate surface area is 90.5 Å². The fourth-order valence-corrected chi connectivity index (χ4v) is 2.31. The van der Waals surface area contributed by atoms with Gasteiger partial charge in [-0.15, -0.1) is 11.8 Å². The summed E-state index contributed by atoms with van der Waals surface area (Å²) in [5.41, 5.74) is 7.92. The molecule has 1 aromatic rings. The minimum atomic E-state index is 0.889. The van der Waals surface area contributed by atoms with Gasteiger partial charge in [-0.2, -0.15) is 0 Å². The molecule has 1 aromatic carbocycles. The maximum atomic E-state index is 5.83. The SMILES string of the molecule is Cc1c(N)cccc1SCCN(C)C. The second-order valence-corrected chi connectivity index (χ2v) is 4.76. The average Bonchev–Trinajstić information content (AvgIpc) is 2.12. The Bertz CT molecular complexity index is 297. The highest BCUT2D eigenvalue weighted by molar-refractivity contribution is 7.99. The molecule has 78 valence electrons. The predicted molar refractivity (Wildman–Crippen MR) is 64.9 cm³/mol. The van der Waals surface area contributed by atoms with Gasteiger partial charge in [-0.25, -0.2) is 0 Å². The molecular formula is C11H18N2S. The summed E-state index contributed by atoms with van der Waals surface area (Å²) >= 11 is 1.87. The van der Waals surface area contributed by atoms with E-state index in [9.17, 15) is 0 Å². The Morgan fingerprint density at radius 1 is 1.36 bits per heavy atom. The summed E-state index contributed by atoms with van der Waals surface area (Å²) < 4.78 is 0. The van der Waals surface area contributed by atoms with Crippen molar-refractivity contribution in [2.45, 2.75) is 11.8 Å².